The van der Waals surface area contributed by atoms with Gasteiger partial charge < -0.3 is 14.8 Å². The minimum Gasteiger partial charge on any atom is -0.444 e. The third-order valence-electron chi connectivity index (χ3n) is 3.71. The standard InChI is InChI=1S/C16H29NO3/c1-16(2,3)20-15(19)17-11-14(12-18)10-13-8-6-4-5-7-9-13/h12-14H,4-11H2,1-3H3,(H,17,19). The second-order valence-electron chi connectivity index (χ2n) is 6.87. The number of hydrogen-bond donors (Lipinski definition) is 1. The monoisotopic (exact) mass is 283 g/mol. The summed E-state index contributed by atoms with van der Waals surface area (Å²) < 4.78 is 5.18. The molecule has 0 bridgehead atoms. The van der Waals surface area contributed by atoms with Crippen molar-refractivity contribution in [1.82, 2.24) is 5.32 Å². The van der Waals surface area contributed by atoms with Gasteiger partial charge in [-0.15, -0.1) is 0 Å². The fourth-order valence-electron chi connectivity index (χ4n) is 2.74. The first-order chi connectivity index (χ1) is 9.40. The minimum absolute atomic E-state index is 0.0920. The number of rotatable bonds is 5. The van der Waals surface area contributed by atoms with Gasteiger partial charge in [0.25, 0.3) is 0 Å². The van der Waals surface area contributed by atoms with E-state index >= 15 is 0 Å². The number of carbonyl (C=O) groups excluding carboxylic acids is 2. The maximum Gasteiger partial charge on any atom is 0.407 e. The summed E-state index contributed by atoms with van der Waals surface area (Å²) in [6.45, 7) is 5.87. The number of aldehydes is 1. The molecule has 4 heteroatoms. The molecule has 0 spiro atoms. The van der Waals surface area contributed by atoms with Gasteiger partial charge in [0, 0.05) is 12.5 Å². The fraction of sp³-hybridized carbons (Fsp3) is 0.875. The maximum atomic E-state index is 11.6. The van der Waals surface area contributed by atoms with E-state index in [1.807, 2.05) is 20.8 Å². The van der Waals surface area contributed by atoms with Crippen molar-refractivity contribution in [3.63, 3.8) is 0 Å². The largest absolute Gasteiger partial charge is 0.444 e. The zero-order valence-electron chi connectivity index (χ0n) is 13.1. The molecule has 1 N–H and O–H groups in total. The number of carbonyl (C=O) groups is 2. The first kappa shape index (κ1) is 17.0. The number of hydrogen-bond acceptors (Lipinski definition) is 3. The topological polar surface area (TPSA) is 55.4 Å². The van der Waals surface area contributed by atoms with Crippen LogP contribution in [0.15, 0.2) is 0 Å². The molecule has 1 aliphatic rings. The lowest BCUT2D eigenvalue weighted by Gasteiger charge is -2.22. The lowest BCUT2D eigenvalue weighted by Crippen LogP contribution is -2.36. The summed E-state index contributed by atoms with van der Waals surface area (Å²) in [4.78, 5) is 22.7. The van der Waals surface area contributed by atoms with Crippen molar-refractivity contribution in [2.75, 3.05) is 6.54 Å². The van der Waals surface area contributed by atoms with Crippen molar-refractivity contribution in [3.05, 3.63) is 0 Å². The second-order valence-corrected chi connectivity index (χ2v) is 6.87. The van der Waals surface area contributed by atoms with Gasteiger partial charge in [0.2, 0.25) is 0 Å². The molecule has 0 aromatic rings. The Bertz CT molecular complexity index is 301. The van der Waals surface area contributed by atoms with Gasteiger partial charge in [-0.25, -0.2) is 4.79 Å². The predicted octanol–water partition coefficient (Wildman–Crippen LogP) is 3.69. The van der Waals surface area contributed by atoms with Crippen LogP contribution in [-0.4, -0.2) is 24.5 Å². The van der Waals surface area contributed by atoms with E-state index in [-0.39, 0.29) is 5.92 Å². The Kier molecular flexibility index (Phi) is 7.03. The summed E-state index contributed by atoms with van der Waals surface area (Å²) in [6.07, 6.45) is 9.04. The molecule has 1 saturated carbocycles. The Hall–Kier alpha value is -1.06. The van der Waals surface area contributed by atoms with Crippen LogP contribution in [0.1, 0.15) is 65.7 Å². The number of amides is 1. The van der Waals surface area contributed by atoms with E-state index in [9.17, 15) is 9.59 Å². The molecule has 0 radical (unpaired) electrons. The zero-order valence-corrected chi connectivity index (χ0v) is 13.1. The first-order valence-electron chi connectivity index (χ1n) is 7.83. The van der Waals surface area contributed by atoms with Crippen LogP contribution in [0.4, 0.5) is 4.79 Å². The molecule has 0 saturated heterocycles. The van der Waals surface area contributed by atoms with E-state index in [1.165, 1.54) is 38.5 Å². The highest BCUT2D eigenvalue weighted by Gasteiger charge is 2.20. The Morgan fingerprint density at radius 1 is 1.25 bits per heavy atom. The van der Waals surface area contributed by atoms with Crippen LogP contribution in [0.5, 0.6) is 0 Å². The molecule has 1 fully saturated rings. The Morgan fingerprint density at radius 2 is 1.85 bits per heavy atom. The van der Waals surface area contributed by atoms with Crippen molar-refractivity contribution in [3.8, 4) is 0 Å². The van der Waals surface area contributed by atoms with Crippen LogP contribution < -0.4 is 5.32 Å². The lowest BCUT2D eigenvalue weighted by atomic mass is 9.89. The molecule has 20 heavy (non-hydrogen) atoms. The van der Waals surface area contributed by atoms with E-state index < -0.39 is 11.7 Å². The third kappa shape index (κ3) is 7.51. The summed E-state index contributed by atoms with van der Waals surface area (Å²) in [6, 6.07) is 0. The molecule has 0 aliphatic heterocycles. The van der Waals surface area contributed by atoms with E-state index in [0.29, 0.717) is 12.5 Å². The number of ether oxygens (including phenoxy) is 1. The normalized spacial score (nSPS) is 18.9. The van der Waals surface area contributed by atoms with Gasteiger partial charge in [0.05, 0.1) is 0 Å². The quantitative estimate of drug-likeness (QED) is 0.618. The molecule has 1 atom stereocenters. The average Bonchev–Trinajstić information content (AvgIpc) is 2.60. The smallest absolute Gasteiger partial charge is 0.407 e. The van der Waals surface area contributed by atoms with Gasteiger partial charge >= 0.3 is 6.09 Å². The summed E-state index contributed by atoms with van der Waals surface area (Å²) in [5.74, 6) is 0.541. The molecule has 0 aromatic carbocycles. The number of alkyl carbamates (subject to hydrolysis) is 1. The summed E-state index contributed by atoms with van der Waals surface area (Å²) in [5, 5.41) is 2.70. The van der Waals surface area contributed by atoms with Gasteiger partial charge in [-0.3, -0.25) is 0 Å². The van der Waals surface area contributed by atoms with Crippen molar-refractivity contribution in [2.24, 2.45) is 11.8 Å². The first-order valence-corrected chi connectivity index (χ1v) is 7.83. The van der Waals surface area contributed by atoms with Crippen LogP contribution in [0.3, 0.4) is 0 Å². The Balaban J connectivity index is 2.31. The maximum absolute atomic E-state index is 11.6. The van der Waals surface area contributed by atoms with Crippen LogP contribution in [-0.2, 0) is 9.53 Å². The highest BCUT2D eigenvalue weighted by atomic mass is 16.6. The molecule has 1 amide bonds. The summed E-state index contributed by atoms with van der Waals surface area (Å²) >= 11 is 0. The minimum atomic E-state index is -0.498. The van der Waals surface area contributed by atoms with Crippen molar-refractivity contribution in [2.45, 2.75) is 71.3 Å². The molecule has 4 nitrogen and oxygen atoms in total. The second kappa shape index (κ2) is 8.28. The van der Waals surface area contributed by atoms with Crippen LogP contribution >= 0.6 is 0 Å². The highest BCUT2D eigenvalue weighted by Crippen LogP contribution is 2.27. The molecular weight excluding hydrogens is 254 g/mol. The zero-order chi connectivity index (χ0) is 15.0. The van der Waals surface area contributed by atoms with Crippen LogP contribution in [0, 0.1) is 11.8 Å². The van der Waals surface area contributed by atoms with Gasteiger partial charge in [-0.2, -0.15) is 0 Å². The van der Waals surface area contributed by atoms with Gasteiger partial charge in [-0.05, 0) is 33.1 Å². The van der Waals surface area contributed by atoms with Gasteiger partial charge in [0.15, 0.2) is 0 Å². The SMILES string of the molecule is CC(C)(C)OC(=O)NCC(C=O)CC1CCCCCC1. The lowest BCUT2D eigenvalue weighted by molar-refractivity contribution is -0.111. The third-order valence-corrected chi connectivity index (χ3v) is 3.71. The average molecular weight is 283 g/mol. The molecular formula is C16H29NO3. The summed E-state index contributed by atoms with van der Waals surface area (Å²) in [7, 11) is 0. The van der Waals surface area contributed by atoms with E-state index in [2.05, 4.69) is 5.32 Å². The molecule has 116 valence electrons. The molecule has 1 rings (SSSR count). The van der Waals surface area contributed by atoms with Crippen molar-refractivity contribution >= 4 is 12.4 Å². The molecule has 1 aliphatic carbocycles. The molecule has 1 unspecified atom stereocenters. The van der Waals surface area contributed by atoms with E-state index in [1.54, 1.807) is 0 Å². The Labute approximate surface area is 122 Å². The highest BCUT2D eigenvalue weighted by molar-refractivity contribution is 5.68. The fourth-order valence-corrected chi connectivity index (χ4v) is 2.74. The van der Waals surface area contributed by atoms with Crippen molar-refractivity contribution < 1.29 is 14.3 Å². The van der Waals surface area contributed by atoms with Crippen LogP contribution in [0.25, 0.3) is 0 Å². The molecule has 0 heterocycles. The van der Waals surface area contributed by atoms with Gasteiger partial charge in [-0.1, -0.05) is 38.5 Å². The van der Waals surface area contributed by atoms with Crippen LogP contribution in [0.2, 0.25) is 0 Å². The van der Waals surface area contributed by atoms with Gasteiger partial charge in [0.1, 0.15) is 11.9 Å². The Morgan fingerprint density at radius 3 is 2.35 bits per heavy atom. The number of nitrogens with one attached hydrogen (secondary N) is 1. The van der Waals surface area contributed by atoms with Crippen molar-refractivity contribution in [1.29, 1.82) is 0 Å². The molecule has 0 aromatic heterocycles. The summed E-state index contributed by atoms with van der Waals surface area (Å²) in [5.41, 5.74) is -0.498. The van der Waals surface area contributed by atoms with E-state index in [4.69, 9.17) is 4.74 Å². The predicted molar refractivity (Wildman–Crippen MR) is 79.6 cm³/mol. The van der Waals surface area contributed by atoms with E-state index in [0.717, 1.165) is 12.7 Å².